The molecule has 0 aliphatic carbocycles. The zero-order valence-electron chi connectivity index (χ0n) is 13.3. The number of nitrogens with zero attached hydrogens (tertiary/aromatic N) is 3. The molecule has 2 aromatic rings. The maximum atomic E-state index is 11.6. The first-order valence-electron chi connectivity index (χ1n) is 8.12. The van der Waals surface area contributed by atoms with Crippen molar-refractivity contribution in [2.75, 3.05) is 13.1 Å². The van der Waals surface area contributed by atoms with Crippen LogP contribution in [-0.2, 0) is 11.3 Å². The molecule has 0 bridgehead atoms. The predicted molar refractivity (Wildman–Crippen MR) is 83.3 cm³/mol. The van der Waals surface area contributed by atoms with Crippen molar-refractivity contribution < 1.29 is 13.6 Å². The highest BCUT2D eigenvalue weighted by Gasteiger charge is 2.22. The minimum absolute atomic E-state index is 0.158. The van der Waals surface area contributed by atoms with Crippen molar-refractivity contribution in [2.24, 2.45) is 0 Å². The lowest BCUT2D eigenvalue weighted by atomic mass is 10.0. The van der Waals surface area contributed by atoms with E-state index in [0.717, 1.165) is 32.4 Å². The minimum Gasteiger partial charge on any atom is -0.459 e. The first-order valence-corrected chi connectivity index (χ1v) is 8.12. The minimum atomic E-state index is 0.158. The highest BCUT2D eigenvalue weighted by Crippen LogP contribution is 2.19. The lowest BCUT2D eigenvalue weighted by Crippen LogP contribution is -2.44. The summed E-state index contributed by atoms with van der Waals surface area (Å²) in [6, 6.07) is 3.87. The summed E-state index contributed by atoms with van der Waals surface area (Å²) in [7, 11) is 0. The third-order valence-corrected chi connectivity index (χ3v) is 3.99. The summed E-state index contributed by atoms with van der Waals surface area (Å²) in [5.41, 5.74) is 0. The van der Waals surface area contributed by atoms with Crippen LogP contribution in [0.25, 0.3) is 11.7 Å². The number of amides is 1. The summed E-state index contributed by atoms with van der Waals surface area (Å²) in [6.45, 7) is 4.47. The smallest absolute Gasteiger partial charge is 0.283 e. The number of rotatable bonds is 6. The first kappa shape index (κ1) is 15.7. The molecule has 1 amide bonds. The van der Waals surface area contributed by atoms with Crippen molar-refractivity contribution in [3.05, 3.63) is 24.3 Å². The molecule has 1 fully saturated rings. The van der Waals surface area contributed by atoms with Crippen LogP contribution in [0.2, 0.25) is 0 Å². The Balaban J connectivity index is 1.46. The Morgan fingerprint density at radius 2 is 2.22 bits per heavy atom. The number of aromatic nitrogens is 2. The van der Waals surface area contributed by atoms with Gasteiger partial charge in [0.25, 0.3) is 5.89 Å². The molecule has 1 N–H and O–H groups in total. The van der Waals surface area contributed by atoms with Crippen molar-refractivity contribution in [3.63, 3.8) is 0 Å². The van der Waals surface area contributed by atoms with Crippen LogP contribution >= 0.6 is 0 Å². The molecule has 0 aromatic carbocycles. The van der Waals surface area contributed by atoms with Gasteiger partial charge in [-0.15, -0.1) is 10.2 Å². The van der Waals surface area contributed by atoms with Crippen LogP contribution in [0.3, 0.4) is 0 Å². The predicted octanol–water partition coefficient (Wildman–Crippen LogP) is 2.21. The van der Waals surface area contributed by atoms with Crippen LogP contribution in [-0.4, -0.2) is 40.1 Å². The molecule has 3 heterocycles. The van der Waals surface area contributed by atoms with E-state index >= 15 is 0 Å². The molecule has 0 atom stereocenters. The lowest BCUT2D eigenvalue weighted by Gasteiger charge is -2.31. The lowest BCUT2D eigenvalue weighted by molar-refractivity contribution is -0.122. The number of carbonyl (C=O) groups is 1. The van der Waals surface area contributed by atoms with E-state index in [1.807, 2.05) is 6.92 Å². The SMILES string of the molecule is CCCC(=O)NC1CCN(Cc2nnc(-c3ccco3)o2)CC1. The molecule has 0 unspecified atom stereocenters. The second-order valence-electron chi connectivity index (χ2n) is 5.85. The third-order valence-electron chi connectivity index (χ3n) is 3.99. The summed E-state index contributed by atoms with van der Waals surface area (Å²) >= 11 is 0. The van der Waals surface area contributed by atoms with E-state index < -0.39 is 0 Å². The van der Waals surface area contributed by atoms with E-state index in [9.17, 15) is 4.79 Å². The van der Waals surface area contributed by atoms with Crippen LogP contribution in [0.5, 0.6) is 0 Å². The topological polar surface area (TPSA) is 84.4 Å². The van der Waals surface area contributed by atoms with Gasteiger partial charge in [-0.3, -0.25) is 9.69 Å². The number of piperidine rings is 1. The van der Waals surface area contributed by atoms with E-state index in [1.165, 1.54) is 0 Å². The highest BCUT2D eigenvalue weighted by molar-refractivity contribution is 5.76. The fraction of sp³-hybridized carbons (Fsp3) is 0.562. The van der Waals surface area contributed by atoms with Crippen LogP contribution in [0, 0.1) is 0 Å². The second kappa shape index (κ2) is 7.41. The van der Waals surface area contributed by atoms with Gasteiger partial charge < -0.3 is 14.2 Å². The molecule has 3 rings (SSSR count). The number of hydrogen-bond acceptors (Lipinski definition) is 6. The monoisotopic (exact) mass is 318 g/mol. The van der Waals surface area contributed by atoms with E-state index in [1.54, 1.807) is 18.4 Å². The Morgan fingerprint density at radius 3 is 2.91 bits per heavy atom. The third kappa shape index (κ3) is 4.19. The van der Waals surface area contributed by atoms with Gasteiger partial charge in [0.2, 0.25) is 11.8 Å². The molecular formula is C16H22N4O3. The Morgan fingerprint density at radius 1 is 1.39 bits per heavy atom. The van der Waals surface area contributed by atoms with E-state index in [4.69, 9.17) is 8.83 Å². The van der Waals surface area contributed by atoms with Crippen molar-refractivity contribution in [1.29, 1.82) is 0 Å². The molecule has 2 aromatic heterocycles. The van der Waals surface area contributed by atoms with Gasteiger partial charge in [-0.2, -0.15) is 0 Å². The molecule has 0 saturated carbocycles. The molecule has 7 nitrogen and oxygen atoms in total. The van der Waals surface area contributed by atoms with Gasteiger partial charge in [-0.25, -0.2) is 0 Å². The van der Waals surface area contributed by atoms with Gasteiger partial charge in [0.05, 0.1) is 12.8 Å². The normalized spacial score (nSPS) is 16.6. The second-order valence-corrected chi connectivity index (χ2v) is 5.85. The summed E-state index contributed by atoms with van der Waals surface area (Å²) in [4.78, 5) is 13.9. The zero-order chi connectivity index (χ0) is 16.1. The molecule has 0 radical (unpaired) electrons. The molecular weight excluding hydrogens is 296 g/mol. The highest BCUT2D eigenvalue weighted by atomic mass is 16.4. The average molecular weight is 318 g/mol. The maximum Gasteiger partial charge on any atom is 0.283 e. The first-order chi connectivity index (χ1) is 11.2. The maximum absolute atomic E-state index is 11.6. The quantitative estimate of drug-likeness (QED) is 0.879. The van der Waals surface area contributed by atoms with Crippen LogP contribution < -0.4 is 5.32 Å². The molecule has 1 saturated heterocycles. The van der Waals surface area contributed by atoms with Crippen LogP contribution in [0.15, 0.2) is 27.2 Å². The van der Waals surface area contributed by atoms with Gasteiger partial charge in [0.1, 0.15) is 0 Å². The van der Waals surface area contributed by atoms with Crippen molar-refractivity contribution >= 4 is 5.91 Å². The largest absolute Gasteiger partial charge is 0.459 e. The molecule has 7 heteroatoms. The van der Waals surface area contributed by atoms with E-state index in [0.29, 0.717) is 30.5 Å². The summed E-state index contributed by atoms with van der Waals surface area (Å²) in [6.07, 6.45) is 4.98. The van der Waals surface area contributed by atoms with Gasteiger partial charge in [-0.05, 0) is 31.4 Å². The number of nitrogens with one attached hydrogen (secondary N) is 1. The molecule has 23 heavy (non-hydrogen) atoms. The molecule has 1 aliphatic rings. The van der Waals surface area contributed by atoms with Gasteiger partial charge >= 0.3 is 0 Å². The van der Waals surface area contributed by atoms with Crippen molar-refractivity contribution in [3.8, 4) is 11.7 Å². The molecule has 0 spiro atoms. The van der Waals surface area contributed by atoms with E-state index in [-0.39, 0.29) is 11.9 Å². The fourth-order valence-electron chi connectivity index (χ4n) is 2.77. The zero-order valence-corrected chi connectivity index (χ0v) is 13.3. The van der Waals surface area contributed by atoms with Gasteiger partial charge in [-0.1, -0.05) is 6.92 Å². The molecule has 1 aliphatic heterocycles. The average Bonchev–Trinajstić information content (AvgIpc) is 3.20. The Bertz CT molecular complexity index is 615. The Hall–Kier alpha value is -2.15. The van der Waals surface area contributed by atoms with E-state index in [2.05, 4.69) is 20.4 Å². The number of carbonyl (C=O) groups excluding carboxylic acids is 1. The number of likely N-dealkylation sites (tertiary alicyclic amines) is 1. The number of furan rings is 1. The van der Waals surface area contributed by atoms with Crippen molar-refractivity contribution in [2.45, 2.75) is 45.2 Å². The fourth-order valence-corrected chi connectivity index (χ4v) is 2.77. The summed E-state index contributed by atoms with van der Waals surface area (Å²) in [5, 5.41) is 11.2. The van der Waals surface area contributed by atoms with Gasteiger partial charge in [0.15, 0.2) is 5.76 Å². The van der Waals surface area contributed by atoms with Crippen LogP contribution in [0.1, 0.15) is 38.5 Å². The summed E-state index contributed by atoms with van der Waals surface area (Å²) in [5.74, 6) is 1.74. The van der Waals surface area contributed by atoms with Crippen molar-refractivity contribution in [1.82, 2.24) is 20.4 Å². The van der Waals surface area contributed by atoms with Crippen LogP contribution in [0.4, 0.5) is 0 Å². The molecule has 124 valence electrons. The Labute approximate surface area is 135 Å². The Kier molecular flexibility index (Phi) is 5.07. The van der Waals surface area contributed by atoms with Gasteiger partial charge in [0, 0.05) is 25.6 Å². The number of hydrogen-bond donors (Lipinski definition) is 1. The summed E-state index contributed by atoms with van der Waals surface area (Å²) < 4.78 is 10.9. The standard InChI is InChI=1S/C16H22N4O3/c1-2-4-14(21)17-12-6-8-20(9-7-12)11-15-18-19-16(23-15)13-5-3-10-22-13/h3,5,10,12H,2,4,6-9,11H2,1H3,(H,17,21).